The fourth-order valence-corrected chi connectivity index (χ4v) is 3.94. The minimum absolute atomic E-state index is 0.0398. The van der Waals surface area contributed by atoms with Gasteiger partial charge in [0.15, 0.2) is 0 Å². The van der Waals surface area contributed by atoms with Crippen molar-refractivity contribution < 1.29 is 17.9 Å². The highest BCUT2D eigenvalue weighted by atomic mass is 32.2. The lowest BCUT2D eigenvalue weighted by Gasteiger charge is -2.13. The van der Waals surface area contributed by atoms with Gasteiger partial charge in [-0.15, -0.1) is 0 Å². The van der Waals surface area contributed by atoms with E-state index >= 15 is 0 Å². The maximum atomic E-state index is 12.5. The SMILES string of the molecule is CC(C)Oc1ccc(S(=O)(=O)Nc2ccc(NCC3CCCO3)cc2)cc1. The molecular weight excluding hydrogens is 364 g/mol. The van der Waals surface area contributed by atoms with E-state index in [9.17, 15) is 8.42 Å². The number of anilines is 2. The highest BCUT2D eigenvalue weighted by molar-refractivity contribution is 7.92. The molecule has 0 saturated carbocycles. The molecule has 6 nitrogen and oxygen atoms in total. The summed E-state index contributed by atoms with van der Waals surface area (Å²) < 4.78 is 38.8. The fourth-order valence-electron chi connectivity index (χ4n) is 2.88. The lowest BCUT2D eigenvalue weighted by Crippen LogP contribution is -2.18. The summed E-state index contributed by atoms with van der Waals surface area (Å²) in [5, 5.41) is 3.31. The van der Waals surface area contributed by atoms with Gasteiger partial charge in [-0.2, -0.15) is 0 Å². The van der Waals surface area contributed by atoms with E-state index in [1.165, 1.54) is 12.1 Å². The van der Waals surface area contributed by atoms with E-state index in [-0.39, 0.29) is 17.1 Å². The Balaban J connectivity index is 1.59. The molecule has 1 fully saturated rings. The van der Waals surface area contributed by atoms with Crippen LogP contribution in [0.1, 0.15) is 26.7 Å². The summed E-state index contributed by atoms with van der Waals surface area (Å²) in [5.74, 6) is 0.644. The Labute approximate surface area is 160 Å². The summed E-state index contributed by atoms with van der Waals surface area (Å²) >= 11 is 0. The van der Waals surface area contributed by atoms with Gasteiger partial charge >= 0.3 is 0 Å². The highest BCUT2D eigenvalue weighted by Gasteiger charge is 2.16. The number of hydrogen-bond donors (Lipinski definition) is 2. The number of sulfonamides is 1. The molecule has 2 aromatic rings. The Hall–Kier alpha value is -2.25. The zero-order chi connectivity index (χ0) is 19.3. The van der Waals surface area contributed by atoms with Crippen LogP contribution in [-0.2, 0) is 14.8 Å². The fraction of sp³-hybridized carbons (Fsp3) is 0.400. The normalized spacial score (nSPS) is 17.1. The van der Waals surface area contributed by atoms with Crippen LogP contribution in [0.25, 0.3) is 0 Å². The van der Waals surface area contributed by atoms with Gasteiger partial charge in [0.1, 0.15) is 5.75 Å². The largest absolute Gasteiger partial charge is 0.491 e. The summed E-state index contributed by atoms with van der Waals surface area (Å²) in [7, 11) is -3.64. The molecule has 0 amide bonds. The first-order valence-electron chi connectivity index (χ1n) is 9.17. The van der Waals surface area contributed by atoms with Crippen molar-refractivity contribution in [1.29, 1.82) is 0 Å². The predicted octanol–water partition coefficient (Wildman–Crippen LogP) is 3.87. The van der Waals surface area contributed by atoms with Crippen LogP contribution in [0, 0.1) is 0 Å². The summed E-state index contributed by atoms with van der Waals surface area (Å²) in [5.41, 5.74) is 1.45. The molecule has 0 aliphatic carbocycles. The molecule has 146 valence electrons. The second-order valence-corrected chi connectivity index (χ2v) is 8.52. The van der Waals surface area contributed by atoms with Crippen LogP contribution in [0.5, 0.6) is 5.75 Å². The third-order valence-corrected chi connectivity index (χ3v) is 5.60. The average Bonchev–Trinajstić information content (AvgIpc) is 3.14. The van der Waals surface area contributed by atoms with Crippen LogP contribution in [0.4, 0.5) is 11.4 Å². The monoisotopic (exact) mass is 390 g/mol. The molecule has 27 heavy (non-hydrogen) atoms. The summed E-state index contributed by atoms with van der Waals surface area (Å²) in [6.45, 7) is 5.44. The maximum Gasteiger partial charge on any atom is 0.261 e. The van der Waals surface area contributed by atoms with Gasteiger partial charge in [-0.05, 0) is 75.2 Å². The Bertz CT molecular complexity index is 827. The van der Waals surface area contributed by atoms with Crippen molar-refractivity contribution in [2.75, 3.05) is 23.2 Å². The first-order chi connectivity index (χ1) is 12.9. The zero-order valence-corrected chi connectivity index (χ0v) is 16.5. The molecule has 0 spiro atoms. The minimum atomic E-state index is -3.64. The predicted molar refractivity (Wildman–Crippen MR) is 107 cm³/mol. The van der Waals surface area contributed by atoms with E-state index < -0.39 is 10.0 Å². The summed E-state index contributed by atoms with van der Waals surface area (Å²) in [4.78, 5) is 0.194. The summed E-state index contributed by atoms with van der Waals surface area (Å²) in [6.07, 6.45) is 2.48. The van der Waals surface area contributed by atoms with Crippen molar-refractivity contribution in [2.45, 2.75) is 43.8 Å². The standard InChI is InChI=1S/C20H26N2O4S/c1-15(2)26-18-9-11-20(12-10-18)27(23,24)22-17-7-5-16(6-8-17)21-14-19-4-3-13-25-19/h5-12,15,19,21-22H,3-4,13-14H2,1-2H3. The van der Waals surface area contributed by atoms with Gasteiger partial charge in [0, 0.05) is 24.5 Å². The molecule has 7 heteroatoms. The number of nitrogens with one attached hydrogen (secondary N) is 2. The van der Waals surface area contributed by atoms with Gasteiger partial charge in [-0.25, -0.2) is 8.42 Å². The van der Waals surface area contributed by atoms with Crippen molar-refractivity contribution >= 4 is 21.4 Å². The van der Waals surface area contributed by atoms with Gasteiger partial charge in [-0.3, -0.25) is 4.72 Å². The number of hydrogen-bond acceptors (Lipinski definition) is 5. The molecule has 2 N–H and O–H groups in total. The third-order valence-electron chi connectivity index (χ3n) is 4.20. The highest BCUT2D eigenvalue weighted by Crippen LogP contribution is 2.21. The van der Waals surface area contributed by atoms with Crippen molar-refractivity contribution in [3.8, 4) is 5.75 Å². The van der Waals surface area contributed by atoms with Crippen molar-refractivity contribution in [3.05, 3.63) is 48.5 Å². The molecule has 1 atom stereocenters. The maximum absolute atomic E-state index is 12.5. The summed E-state index contributed by atoms with van der Waals surface area (Å²) in [6, 6.07) is 13.6. The molecule has 1 unspecified atom stereocenters. The first kappa shape index (κ1) is 19.5. The van der Waals surface area contributed by atoms with Crippen LogP contribution in [-0.4, -0.2) is 33.8 Å². The smallest absolute Gasteiger partial charge is 0.261 e. The Morgan fingerprint density at radius 3 is 2.33 bits per heavy atom. The second-order valence-electron chi connectivity index (χ2n) is 6.84. The van der Waals surface area contributed by atoms with Gasteiger partial charge in [0.2, 0.25) is 0 Å². The molecule has 1 heterocycles. The van der Waals surface area contributed by atoms with Gasteiger partial charge in [-0.1, -0.05) is 0 Å². The van der Waals surface area contributed by atoms with E-state index in [4.69, 9.17) is 9.47 Å². The van der Waals surface area contributed by atoms with E-state index in [0.29, 0.717) is 11.4 Å². The van der Waals surface area contributed by atoms with E-state index in [1.807, 2.05) is 26.0 Å². The quantitative estimate of drug-likeness (QED) is 0.716. The van der Waals surface area contributed by atoms with Gasteiger partial charge < -0.3 is 14.8 Å². The molecular formula is C20H26N2O4S. The van der Waals surface area contributed by atoms with Crippen LogP contribution >= 0.6 is 0 Å². The van der Waals surface area contributed by atoms with Crippen molar-refractivity contribution in [3.63, 3.8) is 0 Å². The first-order valence-corrected chi connectivity index (χ1v) is 10.7. The molecule has 0 aromatic heterocycles. The second kappa shape index (κ2) is 8.63. The van der Waals surface area contributed by atoms with E-state index in [1.54, 1.807) is 24.3 Å². The average molecular weight is 391 g/mol. The number of ether oxygens (including phenoxy) is 2. The molecule has 1 saturated heterocycles. The lowest BCUT2D eigenvalue weighted by atomic mass is 10.2. The molecule has 1 aliphatic rings. The van der Waals surface area contributed by atoms with Crippen molar-refractivity contribution in [2.24, 2.45) is 0 Å². The molecule has 1 aliphatic heterocycles. The third kappa shape index (κ3) is 5.61. The Morgan fingerprint density at radius 1 is 1.07 bits per heavy atom. The van der Waals surface area contributed by atoms with Crippen molar-refractivity contribution in [1.82, 2.24) is 0 Å². The zero-order valence-electron chi connectivity index (χ0n) is 15.6. The van der Waals surface area contributed by atoms with Crippen LogP contribution in [0.3, 0.4) is 0 Å². The number of benzene rings is 2. The van der Waals surface area contributed by atoms with Gasteiger partial charge in [0.25, 0.3) is 10.0 Å². The minimum Gasteiger partial charge on any atom is -0.491 e. The Kier molecular flexibility index (Phi) is 6.23. The lowest BCUT2D eigenvalue weighted by molar-refractivity contribution is 0.120. The van der Waals surface area contributed by atoms with Crippen LogP contribution < -0.4 is 14.8 Å². The van der Waals surface area contributed by atoms with E-state index in [2.05, 4.69) is 10.0 Å². The van der Waals surface area contributed by atoms with Crippen LogP contribution in [0.2, 0.25) is 0 Å². The molecule has 0 bridgehead atoms. The molecule has 0 radical (unpaired) electrons. The molecule has 3 rings (SSSR count). The van der Waals surface area contributed by atoms with Crippen LogP contribution in [0.15, 0.2) is 53.4 Å². The topological polar surface area (TPSA) is 76.7 Å². The Morgan fingerprint density at radius 2 is 1.74 bits per heavy atom. The number of rotatable bonds is 8. The van der Waals surface area contributed by atoms with Gasteiger partial charge in [0.05, 0.1) is 17.1 Å². The molecule has 2 aromatic carbocycles. The van der Waals surface area contributed by atoms with E-state index in [0.717, 1.165) is 31.7 Å².